The number of quaternary nitrogens is 2. The normalized spacial score (nSPS) is 22.4. The molecule has 4 heteroatoms. The topological polar surface area (TPSA) is 35.2 Å². The average molecular weight is 278 g/mol. The van der Waals surface area contributed by atoms with E-state index in [1.165, 1.54) is 39.3 Å². The number of hydrogen-bond acceptors (Lipinski definition) is 2. The Labute approximate surface area is 121 Å². The third-order valence-electron chi connectivity index (χ3n) is 4.14. The van der Waals surface area contributed by atoms with Gasteiger partial charge >= 0.3 is 0 Å². The van der Waals surface area contributed by atoms with Crippen LogP contribution in [0.1, 0.15) is 23.7 Å². The number of ether oxygens (including phenoxy) is 1. The van der Waals surface area contributed by atoms with Crippen LogP contribution < -0.4 is 14.5 Å². The highest BCUT2D eigenvalue weighted by Crippen LogP contribution is 2.15. The lowest BCUT2D eigenvalue weighted by molar-refractivity contribution is -1.01. The minimum Gasteiger partial charge on any atom is -0.493 e. The first-order chi connectivity index (χ1) is 9.83. The van der Waals surface area contributed by atoms with Gasteiger partial charge in [-0.3, -0.25) is 4.79 Å². The standard InChI is InChI=1S/C16H24N2O2/c1-2-17-9-11-18(12-10-17)8-5-13-20-16-7-4-3-6-15(16)14-19/h3-4,6-7,14H,2,5,8-13H2,1H3/p+2. The molecule has 0 aliphatic carbocycles. The number of piperazine rings is 1. The van der Waals surface area contributed by atoms with Crippen LogP contribution in [0.2, 0.25) is 0 Å². The number of rotatable bonds is 7. The van der Waals surface area contributed by atoms with E-state index in [1.807, 2.05) is 18.2 Å². The molecule has 1 heterocycles. The molecule has 0 atom stereocenters. The first kappa shape index (κ1) is 15.0. The van der Waals surface area contributed by atoms with E-state index in [-0.39, 0.29) is 0 Å². The number of aldehydes is 1. The predicted molar refractivity (Wildman–Crippen MR) is 78.7 cm³/mol. The number of hydrogen-bond donors (Lipinski definition) is 2. The quantitative estimate of drug-likeness (QED) is 0.499. The van der Waals surface area contributed by atoms with Gasteiger partial charge in [0, 0.05) is 6.42 Å². The van der Waals surface area contributed by atoms with Gasteiger partial charge in [-0.2, -0.15) is 0 Å². The summed E-state index contributed by atoms with van der Waals surface area (Å²) in [6.07, 6.45) is 1.90. The summed E-state index contributed by atoms with van der Waals surface area (Å²) in [6.45, 7) is 10.5. The Bertz CT molecular complexity index is 415. The Morgan fingerprint density at radius 1 is 1.15 bits per heavy atom. The van der Waals surface area contributed by atoms with Gasteiger partial charge in [0.05, 0.1) is 25.3 Å². The molecule has 1 saturated heterocycles. The van der Waals surface area contributed by atoms with Crippen molar-refractivity contribution in [1.29, 1.82) is 0 Å². The van der Waals surface area contributed by atoms with Crippen LogP contribution in [0.25, 0.3) is 0 Å². The molecule has 0 spiro atoms. The second kappa shape index (κ2) is 8.02. The SMILES string of the molecule is CC[NH+]1CC[NH+](CCCOc2ccccc2C=O)CC1. The number of benzene rings is 1. The zero-order chi connectivity index (χ0) is 14.2. The third kappa shape index (κ3) is 4.32. The number of carbonyl (C=O) groups is 1. The Morgan fingerprint density at radius 2 is 1.85 bits per heavy atom. The van der Waals surface area contributed by atoms with Crippen LogP contribution in [0, 0.1) is 0 Å². The van der Waals surface area contributed by atoms with Crippen molar-refractivity contribution in [2.45, 2.75) is 13.3 Å². The van der Waals surface area contributed by atoms with Crippen LogP contribution in [0.3, 0.4) is 0 Å². The van der Waals surface area contributed by atoms with Crippen molar-refractivity contribution >= 4 is 6.29 Å². The molecule has 2 rings (SSSR count). The minimum absolute atomic E-state index is 0.639. The maximum absolute atomic E-state index is 10.9. The smallest absolute Gasteiger partial charge is 0.153 e. The molecule has 1 fully saturated rings. The Kier molecular flexibility index (Phi) is 6.02. The summed E-state index contributed by atoms with van der Waals surface area (Å²) < 4.78 is 5.71. The molecule has 1 aromatic carbocycles. The highest BCUT2D eigenvalue weighted by atomic mass is 16.5. The highest BCUT2D eigenvalue weighted by molar-refractivity contribution is 5.79. The van der Waals surface area contributed by atoms with Gasteiger partial charge in [-0.25, -0.2) is 0 Å². The molecular weight excluding hydrogens is 252 g/mol. The fraction of sp³-hybridized carbons (Fsp3) is 0.562. The first-order valence-corrected chi connectivity index (χ1v) is 7.67. The van der Waals surface area contributed by atoms with Gasteiger partial charge in [0.1, 0.15) is 31.9 Å². The number of carbonyl (C=O) groups excluding carboxylic acids is 1. The van der Waals surface area contributed by atoms with Gasteiger partial charge in [0.15, 0.2) is 6.29 Å². The molecule has 0 aromatic heterocycles. The second-order valence-electron chi connectivity index (χ2n) is 5.46. The molecule has 20 heavy (non-hydrogen) atoms. The lowest BCUT2D eigenvalue weighted by atomic mass is 10.2. The molecule has 110 valence electrons. The van der Waals surface area contributed by atoms with E-state index >= 15 is 0 Å². The number of likely N-dealkylation sites (N-methyl/N-ethyl adjacent to an activating group) is 1. The lowest BCUT2D eigenvalue weighted by Crippen LogP contribution is -3.28. The van der Waals surface area contributed by atoms with Crippen molar-refractivity contribution < 1.29 is 19.3 Å². The maximum atomic E-state index is 10.9. The lowest BCUT2D eigenvalue weighted by Gasteiger charge is -2.28. The molecule has 1 aliphatic rings. The summed E-state index contributed by atoms with van der Waals surface area (Å²) in [5.74, 6) is 0.706. The summed E-state index contributed by atoms with van der Waals surface area (Å²) in [5, 5.41) is 0. The summed E-state index contributed by atoms with van der Waals surface area (Å²) >= 11 is 0. The molecule has 1 aromatic rings. The first-order valence-electron chi connectivity index (χ1n) is 7.67. The van der Waals surface area contributed by atoms with Crippen molar-refractivity contribution in [3.05, 3.63) is 29.8 Å². The summed E-state index contributed by atoms with van der Waals surface area (Å²) in [5.41, 5.74) is 0.639. The van der Waals surface area contributed by atoms with Crippen LogP contribution in [0.5, 0.6) is 5.75 Å². The van der Waals surface area contributed by atoms with Gasteiger partial charge in [-0.1, -0.05) is 12.1 Å². The predicted octanol–water partition coefficient (Wildman–Crippen LogP) is -0.929. The van der Waals surface area contributed by atoms with Crippen LogP contribution in [-0.4, -0.2) is 52.2 Å². The largest absolute Gasteiger partial charge is 0.493 e. The van der Waals surface area contributed by atoms with Crippen molar-refractivity contribution in [3.8, 4) is 5.75 Å². The number of nitrogens with one attached hydrogen (secondary N) is 2. The molecule has 2 N–H and O–H groups in total. The van der Waals surface area contributed by atoms with Crippen molar-refractivity contribution in [1.82, 2.24) is 0 Å². The second-order valence-corrected chi connectivity index (χ2v) is 5.46. The minimum atomic E-state index is 0.639. The van der Waals surface area contributed by atoms with E-state index in [1.54, 1.807) is 15.9 Å². The van der Waals surface area contributed by atoms with Crippen molar-refractivity contribution in [3.63, 3.8) is 0 Å². The summed E-state index contributed by atoms with van der Waals surface area (Å²) in [7, 11) is 0. The van der Waals surface area contributed by atoms with E-state index < -0.39 is 0 Å². The monoisotopic (exact) mass is 278 g/mol. The highest BCUT2D eigenvalue weighted by Gasteiger charge is 2.20. The zero-order valence-electron chi connectivity index (χ0n) is 12.4. The Hall–Kier alpha value is -1.39. The van der Waals surface area contributed by atoms with Crippen molar-refractivity contribution in [2.75, 3.05) is 45.9 Å². The summed E-state index contributed by atoms with van der Waals surface area (Å²) in [6, 6.07) is 7.41. The van der Waals surface area contributed by atoms with Gasteiger partial charge in [0.2, 0.25) is 0 Å². The Balaban J connectivity index is 1.65. The molecule has 0 radical (unpaired) electrons. The molecule has 0 saturated carbocycles. The van der Waals surface area contributed by atoms with E-state index in [0.29, 0.717) is 17.9 Å². The number of para-hydroxylation sites is 1. The molecule has 0 bridgehead atoms. The molecular formula is C16H26N2O2+2. The van der Waals surface area contributed by atoms with Gasteiger partial charge in [-0.15, -0.1) is 0 Å². The van der Waals surface area contributed by atoms with Crippen LogP contribution in [0.4, 0.5) is 0 Å². The van der Waals surface area contributed by atoms with Crippen LogP contribution in [-0.2, 0) is 0 Å². The van der Waals surface area contributed by atoms with Gasteiger partial charge in [-0.05, 0) is 19.1 Å². The van der Waals surface area contributed by atoms with Crippen LogP contribution in [0.15, 0.2) is 24.3 Å². The van der Waals surface area contributed by atoms with E-state index in [4.69, 9.17) is 4.74 Å². The fourth-order valence-electron chi connectivity index (χ4n) is 2.77. The van der Waals surface area contributed by atoms with E-state index in [2.05, 4.69) is 6.92 Å². The maximum Gasteiger partial charge on any atom is 0.153 e. The van der Waals surface area contributed by atoms with E-state index in [9.17, 15) is 4.79 Å². The molecule has 1 aliphatic heterocycles. The third-order valence-corrected chi connectivity index (χ3v) is 4.14. The van der Waals surface area contributed by atoms with E-state index in [0.717, 1.165) is 12.7 Å². The summed E-state index contributed by atoms with van der Waals surface area (Å²) in [4.78, 5) is 14.3. The van der Waals surface area contributed by atoms with Crippen molar-refractivity contribution in [2.24, 2.45) is 0 Å². The molecule has 4 nitrogen and oxygen atoms in total. The van der Waals surface area contributed by atoms with Gasteiger partial charge in [0.25, 0.3) is 0 Å². The van der Waals surface area contributed by atoms with Crippen LogP contribution >= 0.6 is 0 Å². The zero-order valence-corrected chi connectivity index (χ0v) is 12.4. The van der Waals surface area contributed by atoms with Gasteiger partial charge < -0.3 is 14.5 Å². The molecule has 0 amide bonds. The fourth-order valence-corrected chi connectivity index (χ4v) is 2.77. The molecule has 0 unspecified atom stereocenters. The average Bonchev–Trinajstić information content (AvgIpc) is 2.52. The Morgan fingerprint density at radius 3 is 2.55 bits per heavy atom.